The Balaban J connectivity index is 0.00000217. The predicted molar refractivity (Wildman–Crippen MR) is 221 cm³/mol. The molecule has 8 heteroatoms. The molecule has 0 amide bonds. The number of hydrogen-bond donors (Lipinski definition) is 0. The molecule has 268 valence electrons. The van der Waals surface area contributed by atoms with Gasteiger partial charge in [0.25, 0.3) is 0 Å². The van der Waals surface area contributed by atoms with Gasteiger partial charge in [0.05, 0.1) is 11.4 Å². The van der Waals surface area contributed by atoms with Crippen molar-refractivity contribution < 1.29 is 0 Å². The van der Waals surface area contributed by atoms with Crippen LogP contribution < -0.4 is 0 Å². The lowest BCUT2D eigenvalue weighted by molar-refractivity contribution is 0.0933. The molecule has 2 aromatic heterocycles. The van der Waals surface area contributed by atoms with Gasteiger partial charge in [-0.2, -0.15) is 0 Å². The molecular weight excluding hydrogens is 702 g/mol. The van der Waals surface area contributed by atoms with Crippen molar-refractivity contribution in [1.82, 2.24) is 19.8 Å². The first-order chi connectivity index (χ1) is 22.2. The van der Waals surface area contributed by atoms with Crippen LogP contribution in [0.2, 0.25) is 0 Å². The van der Waals surface area contributed by atoms with E-state index in [0.29, 0.717) is 6.04 Å². The average molecular weight is 755 g/mol. The van der Waals surface area contributed by atoms with E-state index in [1.54, 1.807) is 0 Å². The second-order valence-corrected chi connectivity index (χ2v) is 13.5. The van der Waals surface area contributed by atoms with Gasteiger partial charge < -0.3 is 0 Å². The number of benzene rings is 3. The summed E-state index contributed by atoms with van der Waals surface area (Å²) in [6.07, 6.45) is 6.29. The van der Waals surface area contributed by atoms with Crippen LogP contribution in [0.5, 0.6) is 0 Å². The second kappa shape index (κ2) is 19.6. The molecule has 50 heavy (non-hydrogen) atoms. The van der Waals surface area contributed by atoms with E-state index in [1.807, 2.05) is 12.4 Å². The Hall–Kier alpha value is -2.96. The minimum atomic E-state index is 0. The Labute approximate surface area is 324 Å². The molecule has 1 saturated heterocycles. The van der Waals surface area contributed by atoms with E-state index in [1.165, 1.54) is 61.2 Å². The zero-order valence-electron chi connectivity index (χ0n) is 30.1. The Morgan fingerprint density at radius 1 is 0.560 bits per heavy atom. The number of likely N-dealkylation sites (tertiary alicyclic amines) is 1. The summed E-state index contributed by atoms with van der Waals surface area (Å²) in [5.74, 6) is 0. The summed E-state index contributed by atoms with van der Waals surface area (Å²) in [4.78, 5) is 14.8. The molecule has 0 aliphatic carbocycles. The quantitative estimate of drug-likeness (QED) is 0.150. The molecule has 0 spiro atoms. The highest BCUT2D eigenvalue weighted by Crippen LogP contribution is 2.28. The Morgan fingerprint density at radius 3 is 1.50 bits per heavy atom. The van der Waals surface area contributed by atoms with E-state index in [9.17, 15) is 0 Å². The number of halogens is 4. The van der Waals surface area contributed by atoms with Crippen LogP contribution in [0.3, 0.4) is 0 Å². The minimum Gasteiger partial charge on any atom is -0.299 e. The fourth-order valence-corrected chi connectivity index (χ4v) is 6.90. The highest BCUT2D eigenvalue weighted by Gasteiger charge is 2.25. The Kier molecular flexibility index (Phi) is 16.9. The third-order valence-electron chi connectivity index (χ3n) is 10.2. The fraction of sp³-hybridized carbons (Fsp3) is 0.333. The first kappa shape index (κ1) is 43.2. The summed E-state index contributed by atoms with van der Waals surface area (Å²) >= 11 is 0. The van der Waals surface area contributed by atoms with Crippen LogP contribution in [0.1, 0.15) is 62.9 Å². The standard InChI is InChI=1S/C42H48N4.4ClH/c1-29-20-38(21-30(2)33(29)5)41-24-36(12-16-43-41)26-45-18-14-40(15-19-45)46(27-35-10-8-7-9-11-35)28-37-13-17-44-42(25-37)39-22-31(3)34(6)32(4)23-39;;;;/h7-13,16-17,20-25,40H,14-15,18-19,26-28H2,1-6H3;4*1H. The summed E-state index contributed by atoms with van der Waals surface area (Å²) in [7, 11) is 0. The Morgan fingerprint density at radius 2 is 1.00 bits per heavy atom. The van der Waals surface area contributed by atoms with Crippen molar-refractivity contribution in [3.8, 4) is 22.5 Å². The molecule has 6 rings (SSSR count). The van der Waals surface area contributed by atoms with E-state index in [2.05, 4.69) is 130 Å². The van der Waals surface area contributed by atoms with Crippen molar-refractivity contribution in [2.75, 3.05) is 13.1 Å². The first-order valence-electron chi connectivity index (χ1n) is 16.8. The number of pyridine rings is 2. The first-order valence-corrected chi connectivity index (χ1v) is 16.8. The van der Waals surface area contributed by atoms with Crippen molar-refractivity contribution >= 4 is 49.6 Å². The Bertz CT molecular complexity index is 1770. The fourth-order valence-electron chi connectivity index (χ4n) is 6.90. The van der Waals surface area contributed by atoms with Crippen LogP contribution in [0.15, 0.2) is 91.3 Å². The molecule has 4 nitrogen and oxygen atoms in total. The maximum Gasteiger partial charge on any atom is 0.0705 e. The topological polar surface area (TPSA) is 32.3 Å². The molecule has 0 unspecified atom stereocenters. The van der Waals surface area contributed by atoms with Gasteiger partial charge in [-0.05, 0) is 166 Å². The van der Waals surface area contributed by atoms with Gasteiger partial charge in [0.15, 0.2) is 0 Å². The molecule has 5 aromatic rings. The molecule has 1 fully saturated rings. The van der Waals surface area contributed by atoms with Gasteiger partial charge in [-0.15, -0.1) is 49.6 Å². The zero-order chi connectivity index (χ0) is 32.2. The normalized spacial score (nSPS) is 13.1. The number of hydrogen-bond acceptors (Lipinski definition) is 4. The smallest absolute Gasteiger partial charge is 0.0705 e. The third-order valence-corrected chi connectivity index (χ3v) is 10.2. The molecule has 0 saturated carbocycles. The lowest BCUT2D eigenvalue weighted by atomic mass is 9.97. The van der Waals surface area contributed by atoms with Crippen molar-refractivity contribution in [3.05, 3.63) is 141 Å². The summed E-state index contributed by atoms with van der Waals surface area (Å²) < 4.78 is 0. The van der Waals surface area contributed by atoms with Crippen molar-refractivity contribution in [3.63, 3.8) is 0 Å². The van der Waals surface area contributed by atoms with E-state index in [-0.39, 0.29) is 49.6 Å². The highest BCUT2D eigenvalue weighted by molar-refractivity contribution is 5.86. The number of aryl methyl sites for hydroxylation is 4. The number of aromatic nitrogens is 2. The molecule has 3 aromatic carbocycles. The molecule has 0 bridgehead atoms. The molecule has 0 N–H and O–H groups in total. The van der Waals surface area contributed by atoms with E-state index in [4.69, 9.17) is 9.97 Å². The van der Waals surface area contributed by atoms with Crippen LogP contribution in [0, 0.1) is 41.5 Å². The molecule has 1 aliphatic rings. The molecule has 3 heterocycles. The van der Waals surface area contributed by atoms with Gasteiger partial charge in [0.2, 0.25) is 0 Å². The third kappa shape index (κ3) is 10.5. The van der Waals surface area contributed by atoms with E-state index >= 15 is 0 Å². The largest absolute Gasteiger partial charge is 0.299 e. The molecule has 1 aliphatic heterocycles. The van der Waals surface area contributed by atoms with E-state index < -0.39 is 0 Å². The monoisotopic (exact) mass is 752 g/mol. The lowest BCUT2D eigenvalue weighted by Crippen LogP contribution is -2.44. The predicted octanol–water partition coefficient (Wildman–Crippen LogP) is 11.0. The van der Waals surface area contributed by atoms with Crippen molar-refractivity contribution in [1.29, 1.82) is 0 Å². The van der Waals surface area contributed by atoms with Gasteiger partial charge in [0, 0.05) is 49.2 Å². The maximum atomic E-state index is 4.78. The summed E-state index contributed by atoms with van der Waals surface area (Å²) in [6, 6.07) is 29.5. The molecule has 0 atom stereocenters. The minimum absolute atomic E-state index is 0. The summed E-state index contributed by atoms with van der Waals surface area (Å²) in [5.41, 5.74) is 16.6. The van der Waals surface area contributed by atoms with E-state index in [0.717, 1.165) is 57.0 Å². The van der Waals surface area contributed by atoms with Gasteiger partial charge in [-0.3, -0.25) is 19.8 Å². The zero-order valence-corrected chi connectivity index (χ0v) is 33.4. The van der Waals surface area contributed by atoms with Gasteiger partial charge in [0.1, 0.15) is 0 Å². The van der Waals surface area contributed by atoms with Crippen LogP contribution in [0.4, 0.5) is 0 Å². The number of nitrogens with zero attached hydrogens (tertiary/aromatic N) is 4. The van der Waals surface area contributed by atoms with Crippen LogP contribution in [-0.2, 0) is 19.6 Å². The van der Waals surface area contributed by atoms with Gasteiger partial charge in [-0.1, -0.05) is 30.3 Å². The van der Waals surface area contributed by atoms with Crippen LogP contribution in [-0.4, -0.2) is 38.9 Å². The van der Waals surface area contributed by atoms with Gasteiger partial charge >= 0.3 is 0 Å². The maximum absolute atomic E-state index is 4.78. The number of piperidine rings is 1. The molecular formula is C42H52Cl4N4. The van der Waals surface area contributed by atoms with Crippen molar-refractivity contribution in [2.24, 2.45) is 0 Å². The summed E-state index contributed by atoms with van der Waals surface area (Å²) in [5, 5.41) is 0. The van der Waals surface area contributed by atoms with Crippen LogP contribution >= 0.6 is 49.6 Å². The second-order valence-electron chi connectivity index (χ2n) is 13.5. The van der Waals surface area contributed by atoms with Crippen LogP contribution in [0.25, 0.3) is 22.5 Å². The highest BCUT2D eigenvalue weighted by atomic mass is 35.5. The van der Waals surface area contributed by atoms with Gasteiger partial charge in [-0.25, -0.2) is 0 Å². The lowest BCUT2D eigenvalue weighted by Gasteiger charge is -2.39. The SMILES string of the molecule is Cc1cc(-c2cc(CN3CCC(N(Cc4ccccc4)Cc4ccnc(-c5cc(C)c(C)c(C)c5)c4)CC3)ccn2)cc(C)c1C.Cl.Cl.Cl.Cl. The average Bonchev–Trinajstić information content (AvgIpc) is 3.06. The summed E-state index contributed by atoms with van der Waals surface area (Å²) in [6.45, 7) is 18.2. The number of rotatable bonds is 9. The molecule has 0 radical (unpaired) electrons. The van der Waals surface area contributed by atoms with Crippen molar-refractivity contribution in [2.45, 2.75) is 80.1 Å².